The van der Waals surface area contributed by atoms with Crippen molar-refractivity contribution in [3.05, 3.63) is 59.2 Å². The number of fused-ring (bicyclic) bond motifs is 2. The highest BCUT2D eigenvalue weighted by Gasteiger charge is 2.44. The minimum Gasteiger partial charge on any atom is -0.444 e. The SMILES string of the molecule is CC[C@H](NC(=O)[C@H](C)N(C)C(=O)OC(C)(C)C)C(=O)N1C[C@@H](OC(=O)N(C)C)C[C@H]1Cc1c(-c2[nH]c3cc(F)ccc3c2C[C@@H]2C[C@H](OC(=O)N(C)C)CN2C(=O)[C@H](CC)NC(=O)[C@H](C)N(C)C(=O)OC(C)(C)C)[nH]c2cc(F)ccc12. The number of rotatable bonds is 17. The highest BCUT2D eigenvalue weighted by Crippen LogP contribution is 2.40. The first kappa shape index (κ1) is 63.5. The van der Waals surface area contributed by atoms with Gasteiger partial charge in [-0.05, 0) is 129 Å². The van der Waals surface area contributed by atoms with Crippen molar-refractivity contribution in [1.82, 2.24) is 50.0 Å². The second-order valence-corrected chi connectivity index (χ2v) is 23.8. The Hall–Kier alpha value is -7.66. The lowest BCUT2D eigenvalue weighted by Crippen LogP contribution is -2.55. The summed E-state index contributed by atoms with van der Waals surface area (Å²) < 4.78 is 53.3. The first-order valence-electron chi connectivity index (χ1n) is 27.7. The van der Waals surface area contributed by atoms with Crippen LogP contribution in [0.15, 0.2) is 36.4 Å². The van der Waals surface area contributed by atoms with E-state index in [1.165, 1.54) is 90.2 Å². The van der Waals surface area contributed by atoms with Crippen LogP contribution >= 0.6 is 0 Å². The van der Waals surface area contributed by atoms with Crippen LogP contribution in [0.3, 0.4) is 0 Å². The average Bonchev–Trinajstić information content (AvgIpc) is 4.17. The first-order chi connectivity index (χ1) is 38.2. The molecule has 8 atom stereocenters. The van der Waals surface area contributed by atoms with E-state index in [9.17, 15) is 38.4 Å². The van der Waals surface area contributed by atoms with Crippen LogP contribution in [0.4, 0.5) is 28.0 Å². The minimum absolute atomic E-state index is 0.0459. The average molecular weight is 1150 g/mol. The third kappa shape index (κ3) is 15.1. The Labute approximate surface area is 477 Å². The Kier molecular flexibility index (Phi) is 19.9. The van der Waals surface area contributed by atoms with E-state index < -0.39 is 119 Å². The molecule has 0 bridgehead atoms. The fraction of sp³-hybridized carbons (Fsp3) is 0.586. The Bertz CT molecular complexity index is 2840. The van der Waals surface area contributed by atoms with Gasteiger partial charge >= 0.3 is 24.4 Å². The number of ether oxygens (including phenoxy) is 4. The van der Waals surface area contributed by atoms with Crippen molar-refractivity contribution in [2.24, 2.45) is 0 Å². The molecule has 22 nitrogen and oxygen atoms in total. The van der Waals surface area contributed by atoms with Crippen LogP contribution in [0.25, 0.3) is 33.2 Å². The van der Waals surface area contributed by atoms with Gasteiger partial charge in [-0.1, -0.05) is 13.8 Å². The predicted molar refractivity (Wildman–Crippen MR) is 302 cm³/mol. The van der Waals surface area contributed by atoms with Crippen LogP contribution in [0.1, 0.15) is 106 Å². The molecule has 2 aliphatic heterocycles. The number of aromatic nitrogens is 2. The second-order valence-electron chi connectivity index (χ2n) is 23.8. The molecule has 8 amide bonds. The van der Waals surface area contributed by atoms with Gasteiger partial charge in [0.1, 0.15) is 59.2 Å². The summed E-state index contributed by atoms with van der Waals surface area (Å²) in [5.41, 5.74) is 1.21. The third-order valence-electron chi connectivity index (χ3n) is 14.8. The van der Waals surface area contributed by atoms with Gasteiger partial charge in [-0.25, -0.2) is 28.0 Å². The van der Waals surface area contributed by atoms with Gasteiger partial charge in [0.15, 0.2) is 0 Å². The number of likely N-dealkylation sites (N-methyl/N-ethyl adjacent to an activating group) is 2. The zero-order chi connectivity index (χ0) is 61.0. The van der Waals surface area contributed by atoms with Gasteiger partial charge in [0, 0.05) is 89.0 Å². The molecule has 0 aliphatic carbocycles. The van der Waals surface area contributed by atoms with Crippen LogP contribution in [-0.4, -0.2) is 202 Å². The van der Waals surface area contributed by atoms with Gasteiger partial charge in [-0.3, -0.25) is 29.0 Å². The van der Waals surface area contributed by atoms with E-state index in [-0.39, 0.29) is 51.6 Å². The van der Waals surface area contributed by atoms with Crippen molar-refractivity contribution in [2.45, 2.75) is 167 Å². The van der Waals surface area contributed by atoms with Gasteiger partial charge in [0.2, 0.25) is 23.6 Å². The maximum absolute atomic E-state index is 15.3. The van der Waals surface area contributed by atoms with Crippen molar-refractivity contribution in [1.29, 1.82) is 0 Å². The Morgan fingerprint density at radius 1 is 0.585 bits per heavy atom. The van der Waals surface area contributed by atoms with E-state index in [0.717, 1.165) is 9.80 Å². The number of carbonyl (C=O) groups excluding carboxylic acids is 8. The molecule has 0 saturated carbocycles. The monoisotopic (exact) mass is 1150 g/mol. The van der Waals surface area contributed by atoms with Crippen molar-refractivity contribution in [2.75, 3.05) is 55.4 Å². The summed E-state index contributed by atoms with van der Waals surface area (Å²) in [6.07, 6.45) is -3.54. The van der Waals surface area contributed by atoms with Crippen LogP contribution in [0.2, 0.25) is 0 Å². The normalized spacial score (nSPS) is 18.8. The van der Waals surface area contributed by atoms with Gasteiger partial charge in [-0.2, -0.15) is 0 Å². The molecule has 4 N–H and O–H groups in total. The number of likely N-dealkylation sites (tertiary alicyclic amines) is 2. The van der Waals surface area contributed by atoms with E-state index in [2.05, 4.69) is 20.6 Å². The molecule has 0 unspecified atom stereocenters. The fourth-order valence-corrected chi connectivity index (χ4v) is 10.1. The second kappa shape index (κ2) is 25.6. The lowest BCUT2D eigenvalue weighted by molar-refractivity contribution is -0.138. The van der Waals surface area contributed by atoms with Crippen LogP contribution in [-0.2, 0) is 51.0 Å². The standard InChI is InChI=1S/C58H82F2N10O12/c1-17-43(63-49(71)31(3)67(15)55(77)81-57(5,6)7)51(73)69-29-37(79-53(75)65(11)12)25-35(69)27-41-39-21-19-33(59)23-45(39)61-47(41)48-42(40-22-20-34(60)24-46(40)62-48)28-36-26-38(80-54(76)66(13)14)30-70(36)52(74)44(18-2)64-50(72)32(4)68(16)56(78)82-58(8,9)10/h19-24,31-32,35-38,43-44,61-62H,17-18,25-30H2,1-16H3,(H,63,71)(H,64,72)/t31-,32-,35-,36-,37-,38-,43-,44-/m0/s1. The summed E-state index contributed by atoms with van der Waals surface area (Å²) in [6, 6.07) is 2.84. The number of aromatic amines is 2. The molecular weight excluding hydrogens is 1070 g/mol. The van der Waals surface area contributed by atoms with E-state index >= 15 is 8.78 Å². The Morgan fingerprint density at radius 2 is 0.927 bits per heavy atom. The first-order valence-corrected chi connectivity index (χ1v) is 27.7. The van der Waals surface area contributed by atoms with Gasteiger partial charge in [0.25, 0.3) is 0 Å². The van der Waals surface area contributed by atoms with Crippen LogP contribution in [0, 0.1) is 11.6 Å². The summed E-state index contributed by atoms with van der Waals surface area (Å²) >= 11 is 0. The molecule has 6 rings (SSSR count). The van der Waals surface area contributed by atoms with Gasteiger partial charge in [-0.15, -0.1) is 0 Å². The number of nitrogens with one attached hydrogen (secondary N) is 4. The molecule has 2 fully saturated rings. The van der Waals surface area contributed by atoms with Gasteiger partial charge < -0.3 is 59.1 Å². The molecule has 2 aliphatic rings. The highest BCUT2D eigenvalue weighted by atomic mass is 19.1. The lowest BCUT2D eigenvalue weighted by Gasteiger charge is -2.31. The fourth-order valence-electron chi connectivity index (χ4n) is 10.1. The maximum Gasteiger partial charge on any atom is 0.410 e. The lowest BCUT2D eigenvalue weighted by atomic mass is 9.94. The van der Waals surface area contributed by atoms with Crippen molar-refractivity contribution < 1.29 is 66.1 Å². The van der Waals surface area contributed by atoms with E-state index in [1.807, 2.05) is 0 Å². The molecule has 2 aromatic heterocycles. The number of carbonyl (C=O) groups is 8. The number of nitrogens with zero attached hydrogens (tertiary/aromatic N) is 6. The van der Waals surface area contributed by atoms with Crippen LogP contribution in [0.5, 0.6) is 0 Å². The zero-order valence-electron chi connectivity index (χ0n) is 50.1. The summed E-state index contributed by atoms with van der Waals surface area (Å²) in [6.45, 7) is 16.6. The number of halogens is 2. The molecule has 0 spiro atoms. The largest absolute Gasteiger partial charge is 0.444 e. The minimum atomic E-state index is -1.08. The van der Waals surface area contributed by atoms with Crippen molar-refractivity contribution in [3.63, 3.8) is 0 Å². The molecule has 2 aromatic carbocycles. The smallest absolute Gasteiger partial charge is 0.410 e. The van der Waals surface area contributed by atoms with Gasteiger partial charge in [0.05, 0.1) is 24.5 Å². The molecule has 4 aromatic rings. The summed E-state index contributed by atoms with van der Waals surface area (Å²) in [5.74, 6) is -3.27. The molecule has 82 heavy (non-hydrogen) atoms. The predicted octanol–water partition coefficient (Wildman–Crippen LogP) is 7.32. The Morgan fingerprint density at radius 3 is 1.23 bits per heavy atom. The topological polar surface area (TPSA) is 249 Å². The third-order valence-corrected chi connectivity index (χ3v) is 14.8. The summed E-state index contributed by atoms with van der Waals surface area (Å²) in [7, 11) is 8.98. The Balaban J connectivity index is 1.41. The number of amides is 8. The summed E-state index contributed by atoms with van der Waals surface area (Å²) in [5, 5.41) is 6.80. The van der Waals surface area contributed by atoms with E-state index in [0.29, 0.717) is 44.3 Å². The maximum atomic E-state index is 15.3. The molecule has 450 valence electrons. The molecule has 0 radical (unpaired) electrons. The van der Waals surface area contributed by atoms with Crippen molar-refractivity contribution >= 4 is 69.8 Å². The number of hydrogen-bond acceptors (Lipinski definition) is 12. The number of hydrogen-bond donors (Lipinski definition) is 4. The quantitative estimate of drug-likeness (QED) is 0.0760. The summed E-state index contributed by atoms with van der Waals surface area (Å²) in [4.78, 5) is 124. The molecule has 2 saturated heterocycles. The van der Waals surface area contributed by atoms with Crippen LogP contribution < -0.4 is 10.6 Å². The zero-order valence-corrected chi connectivity index (χ0v) is 50.1. The number of H-pyrrole nitrogens is 2. The highest BCUT2D eigenvalue weighted by molar-refractivity contribution is 5.97. The molecule has 24 heteroatoms. The van der Waals surface area contributed by atoms with E-state index in [1.54, 1.807) is 77.3 Å². The number of benzene rings is 2. The molecular formula is C58H82F2N10O12. The molecule has 4 heterocycles. The van der Waals surface area contributed by atoms with Crippen molar-refractivity contribution in [3.8, 4) is 11.4 Å². The van der Waals surface area contributed by atoms with E-state index in [4.69, 9.17) is 18.9 Å².